The summed E-state index contributed by atoms with van der Waals surface area (Å²) in [5.41, 5.74) is 4.35. The van der Waals surface area contributed by atoms with Crippen LogP contribution in [-0.4, -0.2) is 51.5 Å². The average Bonchev–Trinajstić information content (AvgIpc) is 2.78. The van der Waals surface area contributed by atoms with Gasteiger partial charge in [0.25, 0.3) is 5.91 Å². The molecule has 1 aromatic carbocycles. The van der Waals surface area contributed by atoms with Crippen LogP contribution in [0.25, 0.3) is 0 Å². The molecule has 0 radical (unpaired) electrons. The van der Waals surface area contributed by atoms with Crippen molar-refractivity contribution in [2.75, 3.05) is 0 Å². The highest BCUT2D eigenvalue weighted by atomic mass is 19.1. The number of halogens is 1. The van der Waals surface area contributed by atoms with E-state index in [4.69, 9.17) is 10.5 Å². The van der Waals surface area contributed by atoms with E-state index in [1.54, 1.807) is 20.8 Å². The minimum Gasteiger partial charge on any atom is -0.460 e. The summed E-state index contributed by atoms with van der Waals surface area (Å²) in [6.45, 7) is 6.61. The zero-order valence-corrected chi connectivity index (χ0v) is 16.2. The number of ether oxygens (including phenoxy) is 1. The number of nitrogens with two attached hydrogens (primary N) is 1. The summed E-state index contributed by atoms with van der Waals surface area (Å²) in [6, 6.07) is 0.354. The highest BCUT2D eigenvalue weighted by Gasteiger charge is 2.43. The number of fused-ring (bicyclic) bond motifs is 1. The van der Waals surface area contributed by atoms with Gasteiger partial charge in [-0.15, -0.1) is 0 Å². The second kappa shape index (κ2) is 7.88. The maximum Gasteiger partial charge on any atom is 0.491 e. The highest BCUT2D eigenvalue weighted by molar-refractivity contribution is 6.58. The molecule has 2 atom stereocenters. The molecule has 0 saturated heterocycles. The molecule has 1 aliphatic heterocycles. The molecule has 0 aromatic heterocycles. The first-order valence-corrected chi connectivity index (χ1v) is 8.87. The summed E-state index contributed by atoms with van der Waals surface area (Å²) in [6.07, 6.45) is -0.230. The van der Waals surface area contributed by atoms with E-state index in [1.165, 1.54) is 13.0 Å². The third-order valence-corrected chi connectivity index (χ3v) is 4.49. The monoisotopic (exact) mass is 394 g/mol. The number of hydrogen-bond acceptors (Lipinski definition) is 6. The second-order valence-corrected chi connectivity index (χ2v) is 7.74. The van der Waals surface area contributed by atoms with Gasteiger partial charge >= 0.3 is 13.1 Å². The van der Waals surface area contributed by atoms with Crippen LogP contribution in [0.5, 0.6) is 0 Å². The SMILES string of the molecule is C[C@@H]1c2c(ccc(B(O)O)c2F)C(=O)N1[C@@H](CCC(=O)OC(C)(C)C)C(N)=O. The maximum atomic E-state index is 14.7. The normalized spacial score (nSPS) is 17.3. The molecule has 8 nitrogen and oxygen atoms in total. The van der Waals surface area contributed by atoms with Crippen LogP contribution in [-0.2, 0) is 14.3 Å². The Balaban J connectivity index is 2.29. The Kier molecular flexibility index (Phi) is 6.15. The number of carbonyl (C=O) groups is 3. The van der Waals surface area contributed by atoms with Gasteiger partial charge in [0.1, 0.15) is 17.5 Å². The van der Waals surface area contributed by atoms with E-state index in [2.05, 4.69) is 0 Å². The number of benzene rings is 1. The molecule has 0 unspecified atom stereocenters. The molecule has 0 saturated carbocycles. The average molecular weight is 394 g/mol. The molecule has 0 spiro atoms. The zero-order valence-electron chi connectivity index (χ0n) is 16.2. The number of amides is 2. The lowest BCUT2D eigenvalue weighted by atomic mass is 9.78. The van der Waals surface area contributed by atoms with Crippen molar-refractivity contribution in [3.05, 3.63) is 29.1 Å². The molecule has 28 heavy (non-hydrogen) atoms. The van der Waals surface area contributed by atoms with Gasteiger partial charge in [-0.3, -0.25) is 14.4 Å². The van der Waals surface area contributed by atoms with Crippen LogP contribution < -0.4 is 11.2 Å². The third-order valence-electron chi connectivity index (χ3n) is 4.49. The van der Waals surface area contributed by atoms with E-state index in [9.17, 15) is 28.8 Å². The standard InChI is InChI=1S/C18H24BFN2O6/c1-9-14-10(5-6-11(15(14)20)19(26)27)17(25)22(9)12(16(21)24)7-8-13(23)28-18(2,3)4/h5-6,9,12,26-27H,7-8H2,1-4H3,(H2,21,24)/t9-,12+/m1/s1. The lowest BCUT2D eigenvalue weighted by Gasteiger charge is -2.30. The van der Waals surface area contributed by atoms with Crippen molar-refractivity contribution in [3.63, 3.8) is 0 Å². The molecule has 1 aromatic rings. The Hall–Kier alpha value is -2.46. The molecule has 0 aliphatic carbocycles. The van der Waals surface area contributed by atoms with Gasteiger partial charge in [0.2, 0.25) is 5.91 Å². The molecular weight excluding hydrogens is 370 g/mol. The van der Waals surface area contributed by atoms with Crippen molar-refractivity contribution in [1.82, 2.24) is 4.90 Å². The minimum atomic E-state index is -2.04. The largest absolute Gasteiger partial charge is 0.491 e. The Bertz CT molecular complexity index is 808. The van der Waals surface area contributed by atoms with E-state index >= 15 is 0 Å². The zero-order chi connectivity index (χ0) is 21.4. The van der Waals surface area contributed by atoms with Crippen LogP contribution in [0.2, 0.25) is 0 Å². The summed E-state index contributed by atoms with van der Waals surface area (Å²) >= 11 is 0. The van der Waals surface area contributed by atoms with Crippen LogP contribution in [0.15, 0.2) is 12.1 Å². The van der Waals surface area contributed by atoms with Gasteiger partial charge in [-0.05, 0) is 40.2 Å². The summed E-state index contributed by atoms with van der Waals surface area (Å²) in [4.78, 5) is 37.8. The maximum absolute atomic E-state index is 14.7. The van der Waals surface area contributed by atoms with Gasteiger partial charge in [-0.1, -0.05) is 6.07 Å². The lowest BCUT2D eigenvalue weighted by molar-refractivity contribution is -0.155. The number of primary amides is 1. The Morgan fingerprint density at radius 2 is 1.96 bits per heavy atom. The Morgan fingerprint density at radius 3 is 2.46 bits per heavy atom. The Labute approximate surface area is 162 Å². The molecule has 2 amide bonds. The number of rotatable bonds is 6. The minimum absolute atomic E-state index is 0.0120. The second-order valence-electron chi connectivity index (χ2n) is 7.74. The molecule has 4 N–H and O–H groups in total. The van der Waals surface area contributed by atoms with Crippen LogP contribution in [0.3, 0.4) is 0 Å². The summed E-state index contributed by atoms with van der Waals surface area (Å²) in [5.74, 6) is -2.92. The van der Waals surface area contributed by atoms with E-state index < -0.39 is 48.4 Å². The number of hydrogen-bond donors (Lipinski definition) is 3. The fraction of sp³-hybridized carbons (Fsp3) is 0.500. The first kappa shape index (κ1) is 21.8. The predicted molar refractivity (Wildman–Crippen MR) is 98.9 cm³/mol. The smallest absolute Gasteiger partial charge is 0.460 e. The summed E-state index contributed by atoms with van der Waals surface area (Å²) in [7, 11) is -2.04. The van der Waals surface area contributed by atoms with Gasteiger partial charge in [0, 0.05) is 23.0 Å². The first-order chi connectivity index (χ1) is 12.8. The predicted octanol–water partition coefficient (Wildman–Crippen LogP) is -0.00190. The first-order valence-electron chi connectivity index (χ1n) is 8.87. The summed E-state index contributed by atoms with van der Waals surface area (Å²) in [5, 5.41) is 18.6. The van der Waals surface area contributed by atoms with E-state index in [0.29, 0.717) is 0 Å². The van der Waals surface area contributed by atoms with Crippen molar-refractivity contribution >= 4 is 30.4 Å². The van der Waals surface area contributed by atoms with Crippen molar-refractivity contribution < 1.29 is 33.6 Å². The van der Waals surface area contributed by atoms with E-state index in [0.717, 1.165) is 11.0 Å². The van der Waals surface area contributed by atoms with Crippen molar-refractivity contribution in [2.45, 2.75) is 58.2 Å². The van der Waals surface area contributed by atoms with Gasteiger partial charge in [-0.25, -0.2) is 4.39 Å². The van der Waals surface area contributed by atoms with Crippen LogP contribution in [0.1, 0.15) is 62.5 Å². The van der Waals surface area contributed by atoms with Gasteiger partial charge < -0.3 is 25.4 Å². The van der Waals surface area contributed by atoms with E-state index in [-0.39, 0.29) is 29.4 Å². The Morgan fingerprint density at radius 1 is 1.36 bits per heavy atom. The fourth-order valence-corrected chi connectivity index (χ4v) is 3.34. The van der Waals surface area contributed by atoms with Gasteiger partial charge in [0.15, 0.2) is 0 Å². The van der Waals surface area contributed by atoms with Gasteiger partial charge in [-0.2, -0.15) is 0 Å². The molecule has 10 heteroatoms. The number of nitrogens with zero attached hydrogens (tertiary/aromatic N) is 1. The van der Waals surface area contributed by atoms with Crippen LogP contribution >= 0.6 is 0 Å². The molecule has 0 bridgehead atoms. The molecule has 152 valence electrons. The van der Waals surface area contributed by atoms with Crippen molar-refractivity contribution in [1.29, 1.82) is 0 Å². The molecular formula is C18H24BFN2O6. The molecule has 1 aliphatic rings. The number of esters is 1. The summed E-state index contributed by atoms with van der Waals surface area (Å²) < 4.78 is 19.9. The van der Waals surface area contributed by atoms with Crippen LogP contribution in [0.4, 0.5) is 4.39 Å². The fourth-order valence-electron chi connectivity index (χ4n) is 3.34. The quantitative estimate of drug-likeness (QED) is 0.460. The van der Waals surface area contributed by atoms with Crippen molar-refractivity contribution in [2.24, 2.45) is 5.73 Å². The van der Waals surface area contributed by atoms with Crippen molar-refractivity contribution in [3.8, 4) is 0 Å². The lowest BCUT2D eigenvalue weighted by Crippen LogP contribution is -2.46. The molecule has 1 heterocycles. The van der Waals surface area contributed by atoms with Crippen LogP contribution in [0, 0.1) is 5.82 Å². The van der Waals surface area contributed by atoms with Gasteiger partial charge in [0.05, 0.1) is 6.04 Å². The molecule has 2 rings (SSSR count). The van der Waals surface area contributed by atoms with E-state index in [1.807, 2.05) is 0 Å². The molecule has 0 fully saturated rings. The third kappa shape index (κ3) is 4.33. The topological polar surface area (TPSA) is 130 Å². The number of carbonyl (C=O) groups excluding carboxylic acids is 3. The highest BCUT2D eigenvalue weighted by Crippen LogP contribution is 2.37.